The number of carboxylic acids is 1. The van der Waals surface area contributed by atoms with Crippen molar-refractivity contribution in [3.05, 3.63) is 83.2 Å². The molecule has 9 nitrogen and oxygen atoms in total. The number of ether oxygens (including phenoxy) is 2. The molecule has 0 fully saturated rings. The molecule has 0 amide bonds. The molecule has 0 spiro atoms. The molecule has 6 rings (SSSR count). The third kappa shape index (κ3) is 8.39. The number of aryl methyl sites for hydroxylation is 6. The Morgan fingerprint density at radius 1 is 0.660 bits per heavy atom. The van der Waals surface area contributed by atoms with Crippen LogP contribution in [0.3, 0.4) is 0 Å². The van der Waals surface area contributed by atoms with Crippen molar-refractivity contribution >= 4 is 98.5 Å². The van der Waals surface area contributed by atoms with Crippen molar-refractivity contribution < 1.29 is 29.0 Å². The molecule has 0 saturated carbocycles. The Labute approximate surface area is 292 Å². The van der Waals surface area contributed by atoms with Gasteiger partial charge in [0.2, 0.25) is 0 Å². The second-order valence-corrected chi connectivity index (χ2v) is 14.4. The predicted molar refractivity (Wildman–Crippen MR) is 194 cm³/mol. The Morgan fingerprint density at radius 3 is 1.62 bits per heavy atom. The van der Waals surface area contributed by atoms with Crippen molar-refractivity contribution in [1.82, 2.24) is 15.0 Å². The summed E-state index contributed by atoms with van der Waals surface area (Å²) in [4.78, 5) is 51.4. The molecule has 0 aliphatic heterocycles. The minimum Gasteiger partial charge on any atom is -0.477 e. The van der Waals surface area contributed by atoms with Crippen LogP contribution in [0.5, 0.6) is 0 Å². The van der Waals surface area contributed by atoms with E-state index in [1.54, 1.807) is 19.9 Å². The minimum atomic E-state index is -0.884. The highest BCUT2D eigenvalue weighted by atomic mass is 79.9. The van der Waals surface area contributed by atoms with Gasteiger partial charge in [-0.25, -0.2) is 29.3 Å². The number of thiophene rings is 3. The van der Waals surface area contributed by atoms with Gasteiger partial charge in [0.1, 0.15) is 29.1 Å². The number of halogens is 1. The van der Waals surface area contributed by atoms with Crippen molar-refractivity contribution in [1.29, 1.82) is 0 Å². The molecule has 0 radical (unpaired) electrons. The van der Waals surface area contributed by atoms with E-state index in [0.717, 1.165) is 68.9 Å². The molecular weight excluding hydrogens is 722 g/mol. The SMILES string of the molecule is CCOC(=O)c1cc2c(C)cc(C)nc2s1.CCOC(=O)c1sc2nc(C)cc(C)c2c1Br.Cc1cc(C)c2cc(C(=O)O)sc2n1. The Hall–Kier alpha value is -3.78. The van der Waals surface area contributed by atoms with E-state index >= 15 is 0 Å². The number of fused-ring (bicyclic) bond motifs is 3. The Kier molecular flexibility index (Phi) is 11.8. The summed E-state index contributed by atoms with van der Waals surface area (Å²) >= 11 is 7.45. The van der Waals surface area contributed by atoms with Gasteiger partial charge in [-0.15, -0.1) is 34.0 Å². The molecule has 0 atom stereocenters. The molecule has 0 aliphatic rings. The van der Waals surface area contributed by atoms with E-state index < -0.39 is 5.97 Å². The number of carboxylic acid groups (broad SMARTS) is 1. The van der Waals surface area contributed by atoms with Gasteiger partial charge in [0, 0.05) is 33.2 Å². The highest BCUT2D eigenvalue weighted by molar-refractivity contribution is 9.10. The first-order chi connectivity index (χ1) is 22.2. The maximum Gasteiger partial charge on any atom is 0.349 e. The van der Waals surface area contributed by atoms with E-state index in [0.29, 0.717) is 27.8 Å². The van der Waals surface area contributed by atoms with Gasteiger partial charge >= 0.3 is 17.9 Å². The standard InChI is InChI=1S/C12H12BrNO2S.C12H13NO2S.C10H9NO2S/c1-4-16-12(15)10-9(13)8-6(2)5-7(3)14-11(8)17-10;1-4-15-12(14)10-6-9-7(2)5-8(3)13-11(9)16-10;1-5-3-6(2)11-9-7(5)4-8(14-9)10(12)13/h5H,4H2,1-3H3;5-6H,4H2,1-3H3;3-4H,1-2H3,(H,12,13). The molecule has 6 heterocycles. The van der Waals surface area contributed by atoms with E-state index in [1.165, 1.54) is 34.0 Å². The van der Waals surface area contributed by atoms with Crippen LogP contribution >= 0.6 is 49.9 Å². The smallest absolute Gasteiger partial charge is 0.349 e. The van der Waals surface area contributed by atoms with Crippen LogP contribution in [0, 0.1) is 41.5 Å². The quantitative estimate of drug-likeness (QED) is 0.171. The molecule has 13 heteroatoms. The summed E-state index contributed by atoms with van der Waals surface area (Å²) in [5, 5.41) is 11.8. The van der Waals surface area contributed by atoms with E-state index in [1.807, 2.05) is 65.8 Å². The summed E-state index contributed by atoms with van der Waals surface area (Å²) in [6, 6.07) is 9.53. The summed E-state index contributed by atoms with van der Waals surface area (Å²) in [7, 11) is 0. The van der Waals surface area contributed by atoms with Crippen LogP contribution in [0.2, 0.25) is 0 Å². The van der Waals surface area contributed by atoms with Gasteiger partial charge in [-0.2, -0.15) is 0 Å². The topological polar surface area (TPSA) is 129 Å². The number of aromatic nitrogens is 3. The number of rotatable bonds is 5. The number of nitrogens with zero attached hydrogens (tertiary/aromatic N) is 3. The van der Waals surface area contributed by atoms with Gasteiger partial charge in [0.05, 0.1) is 17.7 Å². The van der Waals surface area contributed by atoms with E-state index in [9.17, 15) is 14.4 Å². The zero-order valence-electron chi connectivity index (χ0n) is 27.2. The highest BCUT2D eigenvalue weighted by Crippen LogP contribution is 2.37. The fourth-order valence-corrected chi connectivity index (χ4v) is 8.95. The summed E-state index contributed by atoms with van der Waals surface area (Å²) in [6.07, 6.45) is 0. The lowest BCUT2D eigenvalue weighted by Crippen LogP contribution is -2.02. The van der Waals surface area contributed by atoms with Crippen LogP contribution in [0.1, 0.15) is 76.6 Å². The van der Waals surface area contributed by atoms with Crippen LogP contribution in [0.25, 0.3) is 30.6 Å². The monoisotopic (exact) mass is 755 g/mol. The molecule has 6 aromatic rings. The van der Waals surface area contributed by atoms with E-state index in [-0.39, 0.29) is 11.9 Å². The number of pyridine rings is 3. The van der Waals surface area contributed by atoms with Crippen LogP contribution < -0.4 is 0 Å². The van der Waals surface area contributed by atoms with Crippen molar-refractivity contribution in [3.63, 3.8) is 0 Å². The van der Waals surface area contributed by atoms with Gasteiger partial charge in [-0.3, -0.25) is 0 Å². The number of hydrogen-bond donors (Lipinski definition) is 1. The first-order valence-electron chi connectivity index (χ1n) is 14.6. The minimum absolute atomic E-state index is 0.262. The molecule has 0 bridgehead atoms. The number of esters is 2. The molecule has 1 N–H and O–H groups in total. The van der Waals surface area contributed by atoms with Crippen LogP contribution in [0.15, 0.2) is 34.8 Å². The van der Waals surface area contributed by atoms with Crippen LogP contribution in [0.4, 0.5) is 0 Å². The summed E-state index contributed by atoms with van der Waals surface area (Å²) in [5.74, 6) is -1.44. The molecule has 0 aliphatic carbocycles. The van der Waals surface area contributed by atoms with Crippen molar-refractivity contribution in [2.24, 2.45) is 0 Å². The predicted octanol–water partition coefficient (Wildman–Crippen LogP) is 9.55. The molecule has 0 unspecified atom stereocenters. The Morgan fingerprint density at radius 2 is 1.11 bits per heavy atom. The zero-order valence-corrected chi connectivity index (χ0v) is 31.3. The van der Waals surface area contributed by atoms with Crippen molar-refractivity contribution in [3.8, 4) is 0 Å². The second-order valence-electron chi connectivity index (χ2n) is 10.6. The molecular formula is C34H34BrN3O6S3. The maximum absolute atomic E-state index is 11.8. The highest BCUT2D eigenvalue weighted by Gasteiger charge is 2.20. The first kappa shape index (κ1) is 36.1. The van der Waals surface area contributed by atoms with Crippen molar-refractivity contribution in [2.45, 2.75) is 55.4 Å². The Balaban J connectivity index is 0.000000160. The molecule has 47 heavy (non-hydrogen) atoms. The zero-order chi connectivity index (χ0) is 34.6. The Bertz CT molecular complexity index is 2130. The molecule has 246 valence electrons. The molecule has 0 saturated heterocycles. The van der Waals surface area contributed by atoms with E-state index in [2.05, 4.69) is 30.9 Å². The maximum atomic E-state index is 11.8. The lowest BCUT2D eigenvalue weighted by Gasteiger charge is -1.99. The summed E-state index contributed by atoms with van der Waals surface area (Å²) in [5.41, 5.74) is 6.20. The van der Waals surface area contributed by atoms with Gasteiger partial charge < -0.3 is 14.6 Å². The van der Waals surface area contributed by atoms with Crippen LogP contribution in [-0.2, 0) is 9.47 Å². The largest absolute Gasteiger partial charge is 0.477 e. The summed E-state index contributed by atoms with van der Waals surface area (Å²) in [6.45, 7) is 16.2. The number of carbonyl (C=O) groups is 3. The average molecular weight is 757 g/mol. The third-order valence-corrected chi connectivity index (χ3v) is 10.9. The van der Waals surface area contributed by atoms with Crippen molar-refractivity contribution in [2.75, 3.05) is 13.2 Å². The molecule has 0 aromatic carbocycles. The lowest BCUT2D eigenvalue weighted by molar-refractivity contribution is 0.0522. The summed E-state index contributed by atoms with van der Waals surface area (Å²) < 4.78 is 10.8. The van der Waals surface area contributed by atoms with Gasteiger partial charge in [-0.05, 0) is 118 Å². The fraction of sp³-hybridized carbons (Fsp3) is 0.294. The third-order valence-electron chi connectivity index (χ3n) is 6.76. The van der Waals surface area contributed by atoms with Gasteiger partial charge in [-0.1, -0.05) is 0 Å². The first-order valence-corrected chi connectivity index (χ1v) is 17.9. The lowest BCUT2D eigenvalue weighted by atomic mass is 10.2. The van der Waals surface area contributed by atoms with E-state index in [4.69, 9.17) is 14.6 Å². The van der Waals surface area contributed by atoms with Gasteiger partial charge in [0.15, 0.2) is 0 Å². The number of carbonyl (C=O) groups excluding carboxylic acids is 2. The fourth-order valence-electron chi connectivity index (χ4n) is 4.80. The average Bonchev–Trinajstić information content (AvgIpc) is 3.70. The normalized spacial score (nSPS) is 10.7. The number of aromatic carboxylic acids is 1. The second kappa shape index (κ2) is 15.4. The molecule has 6 aromatic heterocycles. The van der Waals surface area contributed by atoms with Gasteiger partial charge in [0.25, 0.3) is 0 Å². The van der Waals surface area contributed by atoms with Crippen LogP contribution in [-0.4, -0.2) is 51.2 Å². The number of hydrogen-bond acceptors (Lipinski definition) is 11.